The highest BCUT2D eigenvalue weighted by Crippen LogP contribution is 2.32. The van der Waals surface area contributed by atoms with E-state index in [1.807, 2.05) is 0 Å². The summed E-state index contributed by atoms with van der Waals surface area (Å²) in [7, 11) is -2.36. The molecule has 0 atom stereocenters. The van der Waals surface area contributed by atoms with Crippen LogP contribution in [0.4, 0.5) is 5.69 Å². The summed E-state index contributed by atoms with van der Waals surface area (Å²) in [6.07, 6.45) is 2.42. The fourth-order valence-corrected chi connectivity index (χ4v) is 1.68. The molecule has 1 aliphatic carbocycles. The van der Waals surface area contributed by atoms with Gasteiger partial charge in [0.05, 0.1) is 15.9 Å². The van der Waals surface area contributed by atoms with Gasteiger partial charge in [0.15, 0.2) is 0 Å². The van der Waals surface area contributed by atoms with Gasteiger partial charge in [0.25, 0.3) is 5.56 Å². The summed E-state index contributed by atoms with van der Waals surface area (Å²) in [6.45, 7) is 0. The molecule has 1 heterocycles. The van der Waals surface area contributed by atoms with Crippen molar-refractivity contribution in [3.05, 3.63) is 28.7 Å². The lowest BCUT2D eigenvalue weighted by Gasteiger charge is -2.35. The van der Waals surface area contributed by atoms with E-state index in [0.29, 0.717) is 12.8 Å². The van der Waals surface area contributed by atoms with Gasteiger partial charge >= 0.3 is 0 Å². The van der Waals surface area contributed by atoms with E-state index in [1.165, 1.54) is 4.57 Å². The molecule has 2 N–H and O–H groups in total. The fourth-order valence-electron chi connectivity index (χ4n) is 1.68. The zero-order valence-corrected chi connectivity index (χ0v) is 7.64. The van der Waals surface area contributed by atoms with Crippen molar-refractivity contribution in [3.63, 3.8) is 0 Å². The average molecular weight is 197 g/mol. The number of ether oxygens (including phenoxy) is 1. The maximum atomic E-state index is 11.7. The molecule has 0 aliphatic heterocycles. The standard InChI is InChI=1S/C10H14N2O2/c1-14-8-5-7(6-8)12-4-2-3-9(11)10(12)13/h2-4,7-8H,5-6,11H2,1H3/i1D3. The first kappa shape index (κ1) is 6.24. The number of anilines is 1. The maximum absolute atomic E-state index is 11.7. The van der Waals surface area contributed by atoms with Gasteiger partial charge in [0, 0.05) is 19.3 Å². The average Bonchev–Trinajstić information content (AvgIpc) is 2.15. The number of methoxy groups -OCH3 is 1. The number of nitrogen functional groups attached to an aromatic ring is 1. The van der Waals surface area contributed by atoms with Gasteiger partial charge in [-0.25, -0.2) is 0 Å². The summed E-state index contributed by atoms with van der Waals surface area (Å²) >= 11 is 0. The van der Waals surface area contributed by atoms with Crippen molar-refractivity contribution < 1.29 is 8.85 Å². The Labute approximate surface area is 86.5 Å². The Bertz CT molecular complexity index is 463. The molecule has 0 saturated heterocycles. The van der Waals surface area contributed by atoms with Crippen LogP contribution in [0.5, 0.6) is 0 Å². The van der Waals surface area contributed by atoms with Gasteiger partial charge in [-0.3, -0.25) is 4.79 Å². The molecular formula is C10H14N2O2. The first-order chi connectivity index (χ1) is 7.87. The van der Waals surface area contributed by atoms with E-state index in [4.69, 9.17) is 14.6 Å². The van der Waals surface area contributed by atoms with E-state index in [0.717, 1.165) is 0 Å². The minimum Gasteiger partial charge on any atom is -0.394 e. The molecule has 0 radical (unpaired) electrons. The topological polar surface area (TPSA) is 57.2 Å². The van der Waals surface area contributed by atoms with Crippen molar-refractivity contribution in [2.24, 2.45) is 0 Å². The van der Waals surface area contributed by atoms with Crippen LogP contribution in [-0.4, -0.2) is 17.7 Å². The number of nitrogens with zero attached hydrogens (tertiary/aromatic N) is 1. The van der Waals surface area contributed by atoms with Crippen LogP contribution in [-0.2, 0) is 4.74 Å². The third-order valence-corrected chi connectivity index (χ3v) is 2.63. The van der Waals surface area contributed by atoms with Crippen LogP contribution in [0.1, 0.15) is 23.0 Å². The zero-order valence-electron chi connectivity index (χ0n) is 10.6. The molecule has 0 aromatic carbocycles. The normalized spacial score (nSPS) is 29.9. The van der Waals surface area contributed by atoms with E-state index in [1.54, 1.807) is 18.3 Å². The van der Waals surface area contributed by atoms with E-state index in [-0.39, 0.29) is 23.4 Å². The lowest BCUT2D eigenvalue weighted by molar-refractivity contribution is 0.00522. The molecule has 0 unspecified atom stereocenters. The van der Waals surface area contributed by atoms with E-state index in [9.17, 15) is 4.79 Å². The minimum absolute atomic E-state index is 0.0154. The second kappa shape index (κ2) is 3.46. The summed E-state index contributed by atoms with van der Waals surface area (Å²) in [6, 6.07) is 3.24. The quantitative estimate of drug-likeness (QED) is 0.762. The molecule has 0 amide bonds. The Balaban J connectivity index is 2.00. The van der Waals surface area contributed by atoms with Gasteiger partial charge in [0.2, 0.25) is 0 Å². The predicted octanol–water partition coefficient (Wildman–Crippen LogP) is 0.780. The first-order valence-corrected chi connectivity index (χ1v) is 4.51. The number of hydrogen-bond donors (Lipinski definition) is 1. The van der Waals surface area contributed by atoms with Crippen molar-refractivity contribution in [1.82, 2.24) is 4.57 Å². The van der Waals surface area contributed by atoms with Crippen LogP contribution < -0.4 is 11.3 Å². The minimum atomic E-state index is -2.36. The van der Waals surface area contributed by atoms with E-state index < -0.39 is 7.04 Å². The molecule has 0 spiro atoms. The third-order valence-electron chi connectivity index (χ3n) is 2.63. The van der Waals surface area contributed by atoms with Gasteiger partial charge in [0.1, 0.15) is 0 Å². The first-order valence-electron chi connectivity index (χ1n) is 6.01. The van der Waals surface area contributed by atoms with Gasteiger partial charge in [-0.05, 0) is 25.0 Å². The summed E-state index contributed by atoms with van der Waals surface area (Å²) in [5.74, 6) is 0. The molecule has 1 aliphatic rings. The summed E-state index contributed by atoms with van der Waals surface area (Å²) in [5.41, 5.74) is 5.49. The molecular weight excluding hydrogens is 180 g/mol. The molecule has 4 heteroatoms. The molecule has 4 nitrogen and oxygen atoms in total. The predicted molar refractivity (Wildman–Crippen MR) is 54.2 cm³/mol. The molecule has 14 heavy (non-hydrogen) atoms. The molecule has 1 fully saturated rings. The summed E-state index contributed by atoms with van der Waals surface area (Å²) in [5, 5.41) is 0. The highest BCUT2D eigenvalue weighted by molar-refractivity contribution is 5.33. The second-order valence-corrected chi connectivity index (χ2v) is 3.54. The van der Waals surface area contributed by atoms with Crippen LogP contribution in [0.2, 0.25) is 0 Å². The molecule has 0 bridgehead atoms. The van der Waals surface area contributed by atoms with Crippen LogP contribution in [0.3, 0.4) is 0 Å². The zero-order chi connectivity index (χ0) is 12.6. The summed E-state index contributed by atoms with van der Waals surface area (Å²) < 4.78 is 27.3. The lowest BCUT2D eigenvalue weighted by atomic mass is 9.89. The number of rotatable bonds is 2. The maximum Gasteiger partial charge on any atom is 0.273 e. The van der Waals surface area contributed by atoms with E-state index in [2.05, 4.69) is 0 Å². The molecule has 1 saturated carbocycles. The largest absolute Gasteiger partial charge is 0.394 e. The summed E-state index contributed by atoms with van der Waals surface area (Å²) in [4.78, 5) is 11.7. The number of hydrogen-bond acceptors (Lipinski definition) is 3. The van der Waals surface area contributed by atoms with Crippen molar-refractivity contribution >= 4 is 5.69 Å². The van der Waals surface area contributed by atoms with Gasteiger partial charge in [-0.1, -0.05) is 0 Å². The third kappa shape index (κ3) is 1.42. The van der Waals surface area contributed by atoms with Crippen LogP contribution >= 0.6 is 0 Å². The Morgan fingerprint density at radius 3 is 3.21 bits per heavy atom. The van der Waals surface area contributed by atoms with Gasteiger partial charge in [-0.2, -0.15) is 0 Å². The molecule has 76 valence electrons. The van der Waals surface area contributed by atoms with E-state index >= 15 is 0 Å². The number of nitrogens with two attached hydrogens (primary N) is 1. The molecule has 1 aromatic rings. The molecule has 2 rings (SSSR count). The number of aromatic nitrogens is 1. The highest BCUT2D eigenvalue weighted by Gasteiger charge is 2.30. The van der Waals surface area contributed by atoms with Crippen molar-refractivity contribution in [2.75, 3.05) is 12.8 Å². The van der Waals surface area contributed by atoms with Crippen molar-refractivity contribution in [3.8, 4) is 0 Å². The SMILES string of the molecule is [2H]C([2H])([2H])OC1CC(n2cccc(N)c2=O)C1. The Hall–Kier alpha value is -1.29. The lowest BCUT2D eigenvalue weighted by Crippen LogP contribution is -2.37. The Kier molecular flexibility index (Phi) is 1.54. The highest BCUT2D eigenvalue weighted by atomic mass is 16.5. The smallest absolute Gasteiger partial charge is 0.273 e. The Morgan fingerprint density at radius 1 is 1.71 bits per heavy atom. The van der Waals surface area contributed by atoms with Crippen molar-refractivity contribution in [2.45, 2.75) is 25.0 Å². The molecule has 1 aromatic heterocycles. The fraction of sp³-hybridized carbons (Fsp3) is 0.500. The van der Waals surface area contributed by atoms with Crippen LogP contribution in [0, 0.1) is 0 Å². The van der Waals surface area contributed by atoms with Crippen LogP contribution in [0.25, 0.3) is 0 Å². The van der Waals surface area contributed by atoms with Crippen LogP contribution in [0.15, 0.2) is 23.1 Å². The van der Waals surface area contributed by atoms with Gasteiger partial charge < -0.3 is 15.0 Å². The number of pyridine rings is 1. The van der Waals surface area contributed by atoms with Gasteiger partial charge in [-0.15, -0.1) is 0 Å². The monoisotopic (exact) mass is 197 g/mol. The second-order valence-electron chi connectivity index (χ2n) is 3.54. The Morgan fingerprint density at radius 2 is 2.50 bits per heavy atom. The van der Waals surface area contributed by atoms with Crippen molar-refractivity contribution in [1.29, 1.82) is 0 Å².